The van der Waals surface area contributed by atoms with Gasteiger partial charge in [0, 0.05) is 25.7 Å². The summed E-state index contributed by atoms with van der Waals surface area (Å²) in [7, 11) is 0. The van der Waals surface area contributed by atoms with E-state index in [1.165, 1.54) is 32.2 Å². The fourth-order valence-corrected chi connectivity index (χ4v) is 3.92. The monoisotopic (exact) mass is 319 g/mol. The summed E-state index contributed by atoms with van der Waals surface area (Å²) in [6, 6.07) is 4.23. The van der Waals surface area contributed by atoms with Crippen molar-refractivity contribution in [1.82, 2.24) is 9.80 Å². The summed E-state index contributed by atoms with van der Waals surface area (Å²) in [4.78, 5) is 17.2. The standard InChI is InChI=1S/C18H29N3O2/c1-14-5-2-3-9-20(14)12-15-6-4-10-21(13-15)18(22)17-8-7-16(11-19)23-17/h7-8,14-15H,2-6,9-13,19H2,1H3/t14-,15+/m0/s1. The lowest BCUT2D eigenvalue weighted by atomic mass is 9.94. The molecule has 0 bridgehead atoms. The first-order chi connectivity index (χ1) is 11.2. The highest BCUT2D eigenvalue weighted by Crippen LogP contribution is 2.24. The van der Waals surface area contributed by atoms with E-state index in [1.54, 1.807) is 12.1 Å². The fraction of sp³-hybridized carbons (Fsp3) is 0.722. The first kappa shape index (κ1) is 16.5. The van der Waals surface area contributed by atoms with E-state index in [0.29, 0.717) is 30.0 Å². The van der Waals surface area contributed by atoms with Crippen LogP contribution in [0.1, 0.15) is 55.3 Å². The third kappa shape index (κ3) is 3.96. The molecule has 5 nitrogen and oxygen atoms in total. The Morgan fingerprint density at radius 3 is 2.87 bits per heavy atom. The van der Waals surface area contributed by atoms with Crippen molar-refractivity contribution in [1.29, 1.82) is 0 Å². The molecule has 2 aliphatic rings. The largest absolute Gasteiger partial charge is 0.455 e. The van der Waals surface area contributed by atoms with Gasteiger partial charge in [-0.15, -0.1) is 0 Å². The molecule has 0 aliphatic carbocycles. The minimum atomic E-state index is 0.0149. The maximum absolute atomic E-state index is 12.6. The molecule has 23 heavy (non-hydrogen) atoms. The average molecular weight is 319 g/mol. The number of hydrogen-bond donors (Lipinski definition) is 1. The Hall–Kier alpha value is -1.33. The maximum Gasteiger partial charge on any atom is 0.289 e. The molecule has 0 saturated carbocycles. The molecule has 1 aromatic heterocycles. The van der Waals surface area contributed by atoms with Gasteiger partial charge in [0.1, 0.15) is 5.76 Å². The van der Waals surface area contributed by atoms with Crippen molar-refractivity contribution in [3.8, 4) is 0 Å². The Bertz CT molecular complexity index is 528. The van der Waals surface area contributed by atoms with Gasteiger partial charge in [0.15, 0.2) is 5.76 Å². The molecule has 0 spiro atoms. The van der Waals surface area contributed by atoms with E-state index in [0.717, 1.165) is 26.1 Å². The zero-order valence-corrected chi connectivity index (χ0v) is 14.2. The van der Waals surface area contributed by atoms with Crippen LogP contribution >= 0.6 is 0 Å². The summed E-state index contributed by atoms with van der Waals surface area (Å²) in [5.74, 6) is 1.69. The number of likely N-dealkylation sites (tertiary alicyclic amines) is 2. The predicted molar refractivity (Wildman–Crippen MR) is 90.1 cm³/mol. The Morgan fingerprint density at radius 1 is 1.26 bits per heavy atom. The lowest BCUT2D eigenvalue weighted by Gasteiger charge is -2.39. The molecule has 5 heteroatoms. The summed E-state index contributed by atoms with van der Waals surface area (Å²) in [6.45, 7) is 6.69. The topological polar surface area (TPSA) is 62.7 Å². The van der Waals surface area contributed by atoms with Crippen LogP contribution in [0.2, 0.25) is 0 Å². The molecule has 0 unspecified atom stereocenters. The Labute approximate surface area is 138 Å². The number of hydrogen-bond acceptors (Lipinski definition) is 4. The van der Waals surface area contributed by atoms with E-state index in [4.69, 9.17) is 10.2 Å². The van der Waals surface area contributed by atoms with Crippen LogP contribution in [-0.2, 0) is 6.54 Å². The summed E-state index contributed by atoms with van der Waals surface area (Å²) in [5, 5.41) is 0. The zero-order valence-electron chi connectivity index (χ0n) is 14.2. The summed E-state index contributed by atoms with van der Waals surface area (Å²) in [6.07, 6.45) is 6.29. The molecule has 1 aromatic rings. The zero-order chi connectivity index (χ0) is 16.2. The van der Waals surface area contributed by atoms with Gasteiger partial charge in [-0.1, -0.05) is 6.42 Å². The van der Waals surface area contributed by atoms with E-state index in [2.05, 4.69) is 11.8 Å². The average Bonchev–Trinajstić information content (AvgIpc) is 3.06. The van der Waals surface area contributed by atoms with Crippen molar-refractivity contribution in [3.63, 3.8) is 0 Å². The molecular formula is C18H29N3O2. The quantitative estimate of drug-likeness (QED) is 0.926. The number of nitrogens with two attached hydrogens (primary N) is 1. The normalized spacial score (nSPS) is 26.4. The second kappa shape index (κ2) is 7.49. The van der Waals surface area contributed by atoms with Crippen LogP contribution in [0.15, 0.2) is 16.5 Å². The van der Waals surface area contributed by atoms with Gasteiger partial charge in [-0.25, -0.2) is 0 Å². The summed E-state index contributed by atoms with van der Waals surface area (Å²) >= 11 is 0. The van der Waals surface area contributed by atoms with Gasteiger partial charge >= 0.3 is 0 Å². The molecule has 0 radical (unpaired) electrons. The van der Waals surface area contributed by atoms with Crippen LogP contribution in [-0.4, -0.2) is 47.9 Å². The predicted octanol–water partition coefficient (Wildman–Crippen LogP) is 2.46. The van der Waals surface area contributed by atoms with Crippen molar-refractivity contribution in [2.24, 2.45) is 11.7 Å². The first-order valence-corrected chi connectivity index (χ1v) is 8.99. The van der Waals surface area contributed by atoms with Gasteiger partial charge in [0.05, 0.1) is 6.54 Å². The van der Waals surface area contributed by atoms with Crippen LogP contribution in [0.3, 0.4) is 0 Å². The summed E-state index contributed by atoms with van der Waals surface area (Å²) in [5.41, 5.74) is 5.56. The van der Waals surface area contributed by atoms with Crippen molar-refractivity contribution < 1.29 is 9.21 Å². The highest BCUT2D eigenvalue weighted by atomic mass is 16.4. The van der Waals surface area contributed by atoms with E-state index < -0.39 is 0 Å². The van der Waals surface area contributed by atoms with Gasteiger partial charge in [-0.3, -0.25) is 4.79 Å². The van der Waals surface area contributed by atoms with Crippen LogP contribution in [0, 0.1) is 5.92 Å². The molecule has 2 aliphatic heterocycles. The number of nitrogens with zero attached hydrogens (tertiary/aromatic N) is 2. The van der Waals surface area contributed by atoms with Crippen LogP contribution < -0.4 is 5.73 Å². The highest BCUT2D eigenvalue weighted by Gasteiger charge is 2.29. The number of carbonyl (C=O) groups is 1. The Kier molecular flexibility index (Phi) is 5.38. The van der Waals surface area contributed by atoms with Crippen molar-refractivity contribution >= 4 is 5.91 Å². The molecule has 2 atom stereocenters. The highest BCUT2D eigenvalue weighted by molar-refractivity contribution is 5.91. The first-order valence-electron chi connectivity index (χ1n) is 8.99. The second-order valence-electron chi connectivity index (χ2n) is 7.07. The third-order valence-corrected chi connectivity index (χ3v) is 5.31. The van der Waals surface area contributed by atoms with E-state index in [-0.39, 0.29) is 5.91 Å². The van der Waals surface area contributed by atoms with Gasteiger partial charge in [-0.2, -0.15) is 0 Å². The molecule has 128 valence electrons. The molecule has 2 N–H and O–H groups in total. The van der Waals surface area contributed by atoms with Gasteiger partial charge in [0.2, 0.25) is 0 Å². The SMILES string of the molecule is C[C@H]1CCCCN1C[C@H]1CCCN(C(=O)c2ccc(CN)o2)C1. The maximum atomic E-state index is 12.6. The molecule has 1 amide bonds. The Balaban J connectivity index is 1.58. The van der Waals surface area contributed by atoms with Crippen LogP contribution in [0.25, 0.3) is 0 Å². The molecule has 3 heterocycles. The third-order valence-electron chi connectivity index (χ3n) is 5.31. The Morgan fingerprint density at radius 2 is 2.13 bits per heavy atom. The van der Waals surface area contributed by atoms with Gasteiger partial charge < -0.3 is 20.0 Å². The molecule has 2 saturated heterocycles. The number of rotatable bonds is 4. The summed E-state index contributed by atoms with van der Waals surface area (Å²) < 4.78 is 5.52. The van der Waals surface area contributed by atoms with E-state index in [1.807, 2.05) is 4.90 Å². The molecule has 3 rings (SSSR count). The lowest BCUT2D eigenvalue weighted by molar-refractivity contribution is 0.0565. The van der Waals surface area contributed by atoms with Crippen LogP contribution in [0.5, 0.6) is 0 Å². The number of carbonyl (C=O) groups excluding carboxylic acids is 1. The van der Waals surface area contributed by atoms with Crippen molar-refractivity contribution in [3.05, 3.63) is 23.7 Å². The van der Waals surface area contributed by atoms with Crippen LogP contribution in [0.4, 0.5) is 0 Å². The molecule has 2 fully saturated rings. The minimum absolute atomic E-state index is 0.0149. The van der Waals surface area contributed by atoms with Gasteiger partial charge in [0.25, 0.3) is 5.91 Å². The number of furan rings is 1. The number of amides is 1. The second-order valence-corrected chi connectivity index (χ2v) is 7.07. The molecule has 0 aromatic carbocycles. The van der Waals surface area contributed by atoms with Gasteiger partial charge in [-0.05, 0) is 57.2 Å². The van der Waals surface area contributed by atoms with E-state index in [9.17, 15) is 4.79 Å². The molecular weight excluding hydrogens is 290 g/mol. The minimum Gasteiger partial charge on any atom is -0.455 e. The lowest BCUT2D eigenvalue weighted by Crippen LogP contribution is -2.46. The van der Waals surface area contributed by atoms with Crippen molar-refractivity contribution in [2.75, 3.05) is 26.2 Å². The fourth-order valence-electron chi connectivity index (χ4n) is 3.92. The number of piperidine rings is 2. The van der Waals surface area contributed by atoms with Crippen molar-refractivity contribution in [2.45, 2.75) is 51.6 Å². The smallest absolute Gasteiger partial charge is 0.289 e. The van der Waals surface area contributed by atoms with E-state index >= 15 is 0 Å².